The van der Waals surface area contributed by atoms with Crippen molar-refractivity contribution in [2.24, 2.45) is 0 Å². The Bertz CT molecular complexity index is 649. The van der Waals surface area contributed by atoms with Gasteiger partial charge >= 0.3 is 0 Å². The maximum Gasteiger partial charge on any atom is 0.269 e. The predicted molar refractivity (Wildman–Crippen MR) is 79.8 cm³/mol. The molecule has 2 rings (SSSR count). The summed E-state index contributed by atoms with van der Waals surface area (Å²) in [5.41, 5.74) is -0.353. The number of halogens is 4. The Hall–Kier alpha value is -1.89. The minimum atomic E-state index is -2.40. The number of non-ortho nitro benzene ring substituents is 1. The number of hydrogen-bond acceptors (Lipinski definition) is 2. The molecule has 0 aromatic heterocycles. The molecule has 0 fully saturated rings. The third kappa shape index (κ3) is 3.65. The molecule has 7 heteroatoms. The smallest absolute Gasteiger partial charge is 0.258 e. The van der Waals surface area contributed by atoms with E-state index in [1.807, 2.05) is 0 Å². The first-order valence-electron chi connectivity index (χ1n) is 6.32. The molecule has 0 aliphatic heterocycles. The van der Waals surface area contributed by atoms with Gasteiger partial charge in [-0.2, -0.15) is 0 Å². The molecule has 0 bridgehead atoms. The van der Waals surface area contributed by atoms with Crippen LogP contribution in [0.5, 0.6) is 0 Å². The molecule has 3 nitrogen and oxygen atoms in total. The zero-order chi connectivity index (χ0) is 16.3. The summed E-state index contributed by atoms with van der Waals surface area (Å²) in [7, 11) is 0. The lowest BCUT2D eigenvalue weighted by Crippen LogP contribution is -2.16. The van der Waals surface area contributed by atoms with Gasteiger partial charge < -0.3 is 0 Å². The van der Waals surface area contributed by atoms with Crippen molar-refractivity contribution in [3.8, 4) is 0 Å². The maximum absolute atomic E-state index is 14.1. The van der Waals surface area contributed by atoms with Gasteiger partial charge in [0.25, 0.3) is 5.69 Å². The van der Waals surface area contributed by atoms with Crippen LogP contribution in [0.3, 0.4) is 0 Å². The predicted octanol–water partition coefficient (Wildman–Crippen LogP) is 5.42. The Balaban J connectivity index is 2.15. The van der Waals surface area contributed by atoms with E-state index in [0.29, 0.717) is 4.47 Å². The standard InChI is InChI=1S/C15H11BrF3NO2/c16-11-5-1-9(2-6-11)13(17)15(19)14(18)10-3-7-12(8-4-10)20(21)22/h1-8,13-15H/t13-,14-,15+/m0/s1. The number of hydrogen-bond donors (Lipinski definition) is 0. The number of nitrogens with zero attached hydrogens (tertiary/aromatic N) is 1. The first kappa shape index (κ1) is 16.5. The molecule has 116 valence electrons. The van der Waals surface area contributed by atoms with Crippen molar-refractivity contribution >= 4 is 21.6 Å². The molecule has 0 aliphatic rings. The minimum absolute atomic E-state index is 0.0280. The van der Waals surface area contributed by atoms with E-state index in [4.69, 9.17) is 0 Å². The van der Waals surface area contributed by atoms with E-state index in [-0.39, 0.29) is 16.8 Å². The quantitative estimate of drug-likeness (QED) is 0.518. The molecule has 3 atom stereocenters. The lowest BCUT2D eigenvalue weighted by Gasteiger charge is -2.18. The van der Waals surface area contributed by atoms with Crippen LogP contribution in [0.25, 0.3) is 0 Å². The van der Waals surface area contributed by atoms with Gasteiger partial charge in [-0.1, -0.05) is 28.1 Å². The van der Waals surface area contributed by atoms with Crippen molar-refractivity contribution < 1.29 is 18.1 Å². The van der Waals surface area contributed by atoms with Crippen LogP contribution in [0, 0.1) is 10.1 Å². The van der Waals surface area contributed by atoms with E-state index in [2.05, 4.69) is 15.9 Å². The van der Waals surface area contributed by atoms with Crippen LogP contribution in [0.15, 0.2) is 53.0 Å². The summed E-state index contributed by atoms with van der Waals surface area (Å²) in [6.07, 6.45) is -6.74. The molecule has 0 saturated heterocycles. The molecule has 0 radical (unpaired) electrons. The largest absolute Gasteiger partial charge is 0.269 e. The monoisotopic (exact) mass is 373 g/mol. The van der Waals surface area contributed by atoms with Gasteiger partial charge in [-0.3, -0.25) is 10.1 Å². The molecular weight excluding hydrogens is 363 g/mol. The van der Waals surface area contributed by atoms with Crippen LogP contribution < -0.4 is 0 Å². The molecule has 0 heterocycles. The van der Waals surface area contributed by atoms with Crippen LogP contribution in [0.4, 0.5) is 18.9 Å². The molecule has 0 spiro atoms. The van der Waals surface area contributed by atoms with Crippen LogP contribution in [-0.4, -0.2) is 11.1 Å². The Morgan fingerprint density at radius 2 is 1.27 bits per heavy atom. The second-order valence-electron chi connectivity index (χ2n) is 4.65. The van der Waals surface area contributed by atoms with E-state index in [1.54, 1.807) is 0 Å². The Labute approximate surface area is 133 Å². The van der Waals surface area contributed by atoms with E-state index >= 15 is 0 Å². The summed E-state index contributed by atoms with van der Waals surface area (Å²) < 4.78 is 42.9. The Morgan fingerprint density at radius 1 is 0.864 bits per heavy atom. The van der Waals surface area contributed by atoms with E-state index in [9.17, 15) is 23.3 Å². The van der Waals surface area contributed by atoms with Crippen molar-refractivity contribution in [1.29, 1.82) is 0 Å². The highest BCUT2D eigenvalue weighted by Gasteiger charge is 2.32. The minimum Gasteiger partial charge on any atom is -0.258 e. The molecule has 2 aromatic rings. The van der Waals surface area contributed by atoms with Gasteiger partial charge in [-0.15, -0.1) is 0 Å². The van der Waals surface area contributed by atoms with Crippen molar-refractivity contribution in [2.75, 3.05) is 0 Å². The highest BCUT2D eigenvalue weighted by atomic mass is 79.9. The summed E-state index contributed by atoms with van der Waals surface area (Å²) in [6, 6.07) is 10.1. The lowest BCUT2D eigenvalue weighted by atomic mass is 9.99. The molecule has 0 unspecified atom stereocenters. The summed E-state index contributed by atoms with van der Waals surface area (Å²) in [4.78, 5) is 9.86. The molecule has 0 saturated carbocycles. The lowest BCUT2D eigenvalue weighted by molar-refractivity contribution is -0.384. The van der Waals surface area contributed by atoms with Gasteiger partial charge in [0.1, 0.15) is 0 Å². The van der Waals surface area contributed by atoms with Crippen LogP contribution >= 0.6 is 15.9 Å². The van der Waals surface area contributed by atoms with Crippen molar-refractivity contribution in [3.63, 3.8) is 0 Å². The van der Waals surface area contributed by atoms with Crippen molar-refractivity contribution in [1.82, 2.24) is 0 Å². The normalized spacial score (nSPS) is 15.1. The van der Waals surface area contributed by atoms with Crippen molar-refractivity contribution in [2.45, 2.75) is 18.5 Å². The molecule has 2 aromatic carbocycles. The molecule has 22 heavy (non-hydrogen) atoms. The van der Waals surface area contributed by atoms with E-state index in [0.717, 1.165) is 24.3 Å². The van der Waals surface area contributed by atoms with Gasteiger partial charge in [0.05, 0.1) is 4.92 Å². The van der Waals surface area contributed by atoms with Gasteiger partial charge in [0.15, 0.2) is 18.5 Å². The van der Waals surface area contributed by atoms with Crippen LogP contribution in [0.1, 0.15) is 23.5 Å². The third-order valence-corrected chi connectivity index (χ3v) is 3.70. The summed E-state index contributed by atoms with van der Waals surface area (Å²) >= 11 is 3.17. The average Bonchev–Trinajstić information content (AvgIpc) is 2.53. The van der Waals surface area contributed by atoms with Gasteiger partial charge in [-0.05, 0) is 35.4 Å². The van der Waals surface area contributed by atoms with Gasteiger partial charge in [0, 0.05) is 16.6 Å². The molecule has 0 N–H and O–H groups in total. The second kappa shape index (κ2) is 6.91. The third-order valence-electron chi connectivity index (χ3n) is 3.17. The Morgan fingerprint density at radius 3 is 1.68 bits per heavy atom. The SMILES string of the molecule is O=[N+]([O-])c1ccc([C@H](F)[C@H](F)[C@@H](F)c2ccc(Br)cc2)cc1. The van der Waals surface area contributed by atoms with E-state index in [1.165, 1.54) is 24.3 Å². The first-order chi connectivity index (χ1) is 10.4. The van der Waals surface area contributed by atoms with E-state index < -0.39 is 23.4 Å². The summed E-state index contributed by atoms with van der Waals surface area (Å²) in [5, 5.41) is 10.5. The number of nitro benzene ring substituents is 1. The fraction of sp³-hybridized carbons (Fsp3) is 0.200. The zero-order valence-electron chi connectivity index (χ0n) is 11.1. The van der Waals surface area contributed by atoms with Crippen LogP contribution in [0.2, 0.25) is 0 Å². The number of alkyl halides is 3. The number of rotatable bonds is 5. The summed E-state index contributed by atoms with van der Waals surface area (Å²) in [6.45, 7) is 0. The number of nitro groups is 1. The topological polar surface area (TPSA) is 43.1 Å². The maximum atomic E-state index is 14.1. The molecule has 0 aliphatic carbocycles. The second-order valence-corrected chi connectivity index (χ2v) is 5.56. The van der Waals surface area contributed by atoms with Gasteiger partial charge in [0.2, 0.25) is 0 Å². The zero-order valence-corrected chi connectivity index (χ0v) is 12.7. The highest BCUT2D eigenvalue weighted by molar-refractivity contribution is 9.10. The molecule has 0 amide bonds. The fourth-order valence-corrected chi connectivity index (χ4v) is 2.21. The average molecular weight is 374 g/mol. The molecular formula is C15H11BrF3NO2. The van der Waals surface area contributed by atoms with Gasteiger partial charge in [-0.25, -0.2) is 13.2 Å². The van der Waals surface area contributed by atoms with Crippen molar-refractivity contribution in [3.05, 3.63) is 74.2 Å². The Kier molecular flexibility index (Phi) is 5.18. The highest BCUT2D eigenvalue weighted by Crippen LogP contribution is 2.35. The van der Waals surface area contributed by atoms with Crippen LogP contribution in [-0.2, 0) is 0 Å². The first-order valence-corrected chi connectivity index (χ1v) is 7.11. The fourth-order valence-electron chi connectivity index (χ4n) is 1.94. The summed E-state index contributed by atoms with van der Waals surface area (Å²) in [5.74, 6) is 0. The number of benzene rings is 2.